The van der Waals surface area contributed by atoms with Crippen LogP contribution in [0.25, 0.3) is 0 Å². The van der Waals surface area contributed by atoms with Gasteiger partial charge in [-0.05, 0) is 32.1 Å². The minimum Gasteiger partial charge on any atom is -0.377 e. The zero-order chi connectivity index (χ0) is 16.9. The van der Waals surface area contributed by atoms with Crippen LogP contribution in [0.4, 0.5) is 0 Å². The van der Waals surface area contributed by atoms with Crippen molar-refractivity contribution in [2.45, 2.75) is 44.2 Å². The number of hydrogen-bond donors (Lipinski definition) is 0. The molecule has 2 heterocycles. The first-order valence-corrected chi connectivity index (χ1v) is 11.7. The van der Waals surface area contributed by atoms with Gasteiger partial charge >= 0.3 is 0 Å². The van der Waals surface area contributed by atoms with Crippen molar-refractivity contribution in [3.05, 3.63) is 0 Å². The highest BCUT2D eigenvalue weighted by molar-refractivity contribution is 7.91. The van der Waals surface area contributed by atoms with E-state index in [1.165, 1.54) is 0 Å². The number of sulfone groups is 2. The lowest BCUT2D eigenvalue weighted by Crippen LogP contribution is -2.35. The Kier molecular flexibility index (Phi) is 6.44. The van der Waals surface area contributed by atoms with Crippen LogP contribution in [0.1, 0.15) is 32.1 Å². The lowest BCUT2D eigenvalue weighted by atomic mass is 10.2. The number of carbonyl (C=O) groups excluding carboxylic acids is 1. The van der Waals surface area contributed by atoms with Crippen molar-refractivity contribution in [3.8, 4) is 0 Å². The maximum Gasteiger partial charge on any atom is 0.209 e. The van der Waals surface area contributed by atoms with Gasteiger partial charge in [-0.1, -0.05) is 0 Å². The lowest BCUT2D eigenvalue weighted by Gasteiger charge is -2.23. The van der Waals surface area contributed by atoms with Crippen LogP contribution in [-0.4, -0.2) is 76.5 Å². The van der Waals surface area contributed by atoms with Crippen molar-refractivity contribution in [1.82, 2.24) is 4.90 Å². The first-order chi connectivity index (χ1) is 10.8. The van der Waals surface area contributed by atoms with Gasteiger partial charge in [0.25, 0.3) is 0 Å². The molecule has 2 aliphatic heterocycles. The van der Waals surface area contributed by atoms with Crippen molar-refractivity contribution in [3.63, 3.8) is 0 Å². The molecule has 9 heteroatoms. The first-order valence-electron chi connectivity index (χ1n) is 8.05. The van der Waals surface area contributed by atoms with E-state index in [1.54, 1.807) is 4.90 Å². The molecule has 0 aromatic rings. The summed E-state index contributed by atoms with van der Waals surface area (Å²) >= 11 is 0. The average molecular weight is 367 g/mol. The summed E-state index contributed by atoms with van der Waals surface area (Å²) in [6, 6.07) is -0.183. The molecule has 0 aromatic heterocycles. The number of ether oxygens (including phenoxy) is 1. The normalized spacial score (nSPS) is 28.7. The first kappa shape index (κ1) is 18.7. The molecule has 0 unspecified atom stereocenters. The second-order valence-corrected chi connectivity index (χ2v) is 10.8. The van der Waals surface area contributed by atoms with Crippen LogP contribution in [0.15, 0.2) is 0 Å². The highest BCUT2D eigenvalue weighted by Crippen LogP contribution is 2.18. The Bertz CT molecular complexity index is 601. The number of amides is 1. The number of nitrogens with zero attached hydrogens (tertiary/aromatic N) is 1. The summed E-state index contributed by atoms with van der Waals surface area (Å²) in [6.45, 7) is 1.08. The molecule has 0 spiro atoms. The van der Waals surface area contributed by atoms with Gasteiger partial charge in [0.1, 0.15) is 0 Å². The number of hydrogen-bond acceptors (Lipinski definition) is 6. The fourth-order valence-corrected chi connectivity index (χ4v) is 6.43. The summed E-state index contributed by atoms with van der Waals surface area (Å²) in [6.07, 6.45) is 4.15. The largest absolute Gasteiger partial charge is 0.377 e. The third-order valence-electron chi connectivity index (χ3n) is 4.42. The number of unbranched alkanes of at least 4 members (excludes halogenated alkanes) is 2. The molecule has 134 valence electrons. The summed E-state index contributed by atoms with van der Waals surface area (Å²) in [7, 11) is -5.87. The average Bonchev–Trinajstić information content (AvgIpc) is 3.00. The molecule has 0 aliphatic carbocycles. The SMILES string of the molecule is O=CN(CCCCCO[C@@H]1CCS(=O)(=O)C1)[C@H]1CCS(=O)(=O)C1. The van der Waals surface area contributed by atoms with Crippen molar-refractivity contribution >= 4 is 26.1 Å². The van der Waals surface area contributed by atoms with Crippen LogP contribution in [0, 0.1) is 0 Å². The van der Waals surface area contributed by atoms with Crippen LogP contribution in [0.5, 0.6) is 0 Å². The number of carbonyl (C=O) groups is 1. The summed E-state index contributed by atoms with van der Waals surface area (Å²) in [5.74, 6) is 0.587. The Morgan fingerprint density at radius 2 is 1.65 bits per heavy atom. The van der Waals surface area contributed by atoms with E-state index in [-0.39, 0.29) is 35.2 Å². The van der Waals surface area contributed by atoms with Crippen LogP contribution >= 0.6 is 0 Å². The monoisotopic (exact) mass is 367 g/mol. The molecule has 0 aromatic carbocycles. The molecule has 0 bridgehead atoms. The molecule has 0 saturated carbocycles. The molecule has 2 fully saturated rings. The van der Waals surface area contributed by atoms with Crippen molar-refractivity contribution in [2.75, 3.05) is 36.2 Å². The smallest absolute Gasteiger partial charge is 0.209 e. The van der Waals surface area contributed by atoms with Crippen LogP contribution in [0.2, 0.25) is 0 Å². The van der Waals surface area contributed by atoms with Crippen LogP contribution < -0.4 is 0 Å². The van der Waals surface area contributed by atoms with Gasteiger partial charge in [-0.3, -0.25) is 4.79 Å². The third-order valence-corrected chi connectivity index (χ3v) is 7.91. The minimum atomic E-state index is -2.98. The van der Waals surface area contributed by atoms with E-state index < -0.39 is 19.7 Å². The summed E-state index contributed by atoms with van der Waals surface area (Å²) in [5.41, 5.74) is 0. The zero-order valence-corrected chi connectivity index (χ0v) is 14.9. The quantitative estimate of drug-likeness (QED) is 0.420. The molecule has 23 heavy (non-hydrogen) atoms. The van der Waals surface area contributed by atoms with Gasteiger partial charge in [-0.15, -0.1) is 0 Å². The van der Waals surface area contributed by atoms with E-state index in [9.17, 15) is 21.6 Å². The molecule has 1 amide bonds. The molecule has 2 atom stereocenters. The molecule has 2 saturated heterocycles. The van der Waals surface area contributed by atoms with E-state index in [0.717, 1.165) is 25.7 Å². The van der Waals surface area contributed by atoms with Gasteiger partial charge in [0, 0.05) is 19.2 Å². The maximum absolute atomic E-state index is 11.4. The Morgan fingerprint density at radius 1 is 0.957 bits per heavy atom. The Balaban J connectivity index is 1.57. The molecule has 2 rings (SSSR count). The third kappa shape index (κ3) is 6.04. The van der Waals surface area contributed by atoms with Crippen LogP contribution in [-0.2, 0) is 29.2 Å². The fourth-order valence-electron chi connectivity index (χ4n) is 3.07. The van der Waals surface area contributed by atoms with Gasteiger partial charge in [-0.25, -0.2) is 16.8 Å². The predicted molar refractivity (Wildman–Crippen MR) is 86.7 cm³/mol. The van der Waals surface area contributed by atoms with E-state index >= 15 is 0 Å². The maximum atomic E-state index is 11.4. The lowest BCUT2D eigenvalue weighted by molar-refractivity contribution is -0.119. The molecule has 0 N–H and O–H groups in total. The standard InChI is InChI=1S/C14H25NO6S2/c16-12-15(13-4-8-22(17,18)10-13)6-2-1-3-7-21-14-5-9-23(19,20)11-14/h12-14H,1-11H2/t13-,14+/m0/s1. The van der Waals surface area contributed by atoms with Gasteiger partial charge < -0.3 is 9.64 Å². The highest BCUT2D eigenvalue weighted by Gasteiger charge is 2.31. The van der Waals surface area contributed by atoms with Crippen molar-refractivity contribution < 1.29 is 26.4 Å². The van der Waals surface area contributed by atoms with E-state index in [1.807, 2.05) is 0 Å². The second-order valence-electron chi connectivity index (χ2n) is 6.36. The molecule has 0 radical (unpaired) electrons. The Morgan fingerprint density at radius 3 is 2.22 bits per heavy atom. The minimum absolute atomic E-state index is 0.0744. The van der Waals surface area contributed by atoms with Gasteiger partial charge in [-0.2, -0.15) is 0 Å². The van der Waals surface area contributed by atoms with E-state index in [0.29, 0.717) is 26.0 Å². The van der Waals surface area contributed by atoms with Crippen molar-refractivity contribution in [2.24, 2.45) is 0 Å². The number of rotatable bonds is 9. The Hall–Kier alpha value is -0.670. The van der Waals surface area contributed by atoms with Gasteiger partial charge in [0.05, 0.1) is 29.1 Å². The zero-order valence-electron chi connectivity index (χ0n) is 13.2. The summed E-state index contributed by atoms with van der Waals surface area (Å²) in [5, 5.41) is 0. The van der Waals surface area contributed by atoms with Crippen molar-refractivity contribution in [1.29, 1.82) is 0 Å². The highest BCUT2D eigenvalue weighted by atomic mass is 32.2. The fraction of sp³-hybridized carbons (Fsp3) is 0.929. The van der Waals surface area contributed by atoms with Gasteiger partial charge in [0.15, 0.2) is 19.7 Å². The second kappa shape index (κ2) is 7.94. The molecular formula is C14H25NO6S2. The summed E-state index contributed by atoms with van der Waals surface area (Å²) < 4.78 is 51.0. The van der Waals surface area contributed by atoms with Crippen LogP contribution in [0.3, 0.4) is 0 Å². The van der Waals surface area contributed by atoms with E-state index in [4.69, 9.17) is 4.74 Å². The van der Waals surface area contributed by atoms with Gasteiger partial charge in [0.2, 0.25) is 6.41 Å². The molecule has 7 nitrogen and oxygen atoms in total. The predicted octanol–water partition coefficient (Wildman–Crippen LogP) is 0.00590. The molecule has 2 aliphatic rings. The Labute approximate surface area is 138 Å². The molecular weight excluding hydrogens is 342 g/mol. The summed E-state index contributed by atoms with van der Waals surface area (Å²) in [4.78, 5) is 12.7. The van der Waals surface area contributed by atoms with E-state index in [2.05, 4.69) is 0 Å². The topological polar surface area (TPSA) is 97.8 Å².